The zero-order chi connectivity index (χ0) is 13.7. The summed E-state index contributed by atoms with van der Waals surface area (Å²) < 4.78 is 7.07. The SMILES string of the molecule is COCCn1nc(C)c(NCc2ccncc2)c1C. The molecule has 0 aromatic carbocycles. The first-order valence-corrected chi connectivity index (χ1v) is 6.38. The Kier molecular flexibility index (Phi) is 4.52. The van der Waals surface area contributed by atoms with Gasteiger partial charge in [-0.15, -0.1) is 0 Å². The third-order valence-corrected chi connectivity index (χ3v) is 3.11. The molecule has 0 aliphatic rings. The number of anilines is 1. The van der Waals surface area contributed by atoms with E-state index in [9.17, 15) is 0 Å². The highest BCUT2D eigenvalue weighted by Crippen LogP contribution is 2.20. The molecule has 0 fully saturated rings. The minimum absolute atomic E-state index is 0.672. The van der Waals surface area contributed by atoms with Crippen molar-refractivity contribution in [2.75, 3.05) is 19.0 Å². The maximum absolute atomic E-state index is 5.09. The van der Waals surface area contributed by atoms with Gasteiger partial charge in [0.15, 0.2) is 0 Å². The highest BCUT2D eigenvalue weighted by atomic mass is 16.5. The monoisotopic (exact) mass is 260 g/mol. The smallest absolute Gasteiger partial charge is 0.0828 e. The van der Waals surface area contributed by atoms with Gasteiger partial charge in [-0.3, -0.25) is 9.67 Å². The number of nitrogens with one attached hydrogen (secondary N) is 1. The van der Waals surface area contributed by atoms with Crippen LogP contribution in [0.2, 0.25) is 0 Å². The molecule has 5 heteroatoms. The number of aromatic nitrogens is 3. The Bertz CT molecular complexity index is 522. The summed E-state index contributed by atoms with van der Waals surface area (Å²) in [6.45, 7) is 6.32. The second-order valence-corrected chi connectivity index (χ2v) is 4.47. The number of nitrogens with zero attached hydrogens (tertiary/aromatic N) is 3. The third-order valence-electron chi connectivity index (χ3n) is 3.11. The molecular weight excluding hydrogens is 240 g/mol. The number of methoxy groups -OCH3 is 1. The lowest BCUT2D eigenvalue weighted by Gasteiger charge is -2.07. The van der Waals surface area contributed by atoms with Crippen molar-refractivity contribution in [3.05, 3.63) is 41.5 Å². The van der Waals surface area contributed by atoms with E-state index >= 15 is 0 Å². The van der Waals surface area contributed by atoms with Crippen LogP contribution in [-0.4, -0.2) is 28.5 Å². The Hall–Kier alpha value is -1.88. The van der Waals surface area contributed by atoms with Gasteiger partial charge in [0, 0.05) is 26.0 Å². The first-order chi connectivity index (χ1) is 9.22. The maximum atomic E-state index is 5.09. The van der Waals surface area contributed by atoms with Crippen LogP contribution in [0, 0.1) is 13.8 Å². The molecule has 0 unspecified atom stereocenters. The van der Waals surface area contributed by atoms with Crippen LogP contribution in [0.5, 0.6) is 0 Å². The maximum Gasteiger partial charge on any atom is 0.0828 e. The fraction of sp³-hybridized carbons (Fsp3) is 0.429. The lowest BCUT2D eigenvalue weighted by atomic mass is 10.2. The number of hydrogen-bond donors (Lipinski definition) is 1. The summed E-state index contributed by atoms with van der Waals surface area (Å²) in [5, 5.41) is 7.96. The zero-order valence-corrected chi connectivity index (χ0v) is 11.7. The molecule has 0 radical (unpaired) electrons. The Morgan fingerprint density at radius 2 is 2.00 bits per heavy atom. The van der Waals surface area contributed by atoms with Crippen molar-refractivity contribution in [3.63, 3.8) is 0 Å². The zero-order valence-electron chi connectivity index (χ0n) is 11.7. The molecular formula is C14H20N4O. The lowest BCUT2D eigenvalue weighted by molar-refractivity contribution is 0.182. The van der Waals surface area contributed by atoms with Crippen molar-refractivity contribution in [3.8, 4) is 0 Å². The average Bonchev–Trinajstić information content (AvgIpc) is 2.70. The molecule has 0 bridgehead atoms. The molecule has 0 atom stereocenters. The molecule has 0 saturated carbocycles. The van der Waals surface area contributed by atoms with E-state index in [0.717, 1.165) is 30.2 Å². The summed E-state index contributed by atoms with van der Waals surface area (Å²) in [7, 11) is 1.70. The summed E-state index contributed by atoms with van der Waals surface area (Å²) in [5.41, 5.74) is 4.47. The topological polar surface area (TPSA) is 52.0 Å². The fourth-order valence-electron chi connectivity index (χ4n) is 2.04. The molecule has 2 heterocycles. The highest BCUT2D eigenvalue weighted by Gasteiger charge is 2.10. The predicted octanol–water partition coefficient (Wildman–Crippen LogP) is 2.15. The van der Waals surface area contributed by atoms with E-state index in [1.165, 1.54) is 5.56 Å². The van der Waals surface area contributed by atoms with E-state index in [0.29, 0.717) is 6.61 Å². The Labute approximate surface area is 113 Å². The molecule has 1 N–H and O–H groups in total. The van der Waals surface area contributed by atoms with Gasteiger partial charge < -0.3 is 10.1 Å². The van der Waals surface area contributed by atoms with Crippen LogP contribution < -0.4 is 5.32 Å². The normalized spacial score (nSPS) is 10.7. The largest absolute Gasteiger partial charge is 0.383 e. The van der Waals surface area contributed by atoms with Gasteiger partial charge in [0.25, 0.3) is 0 Å². The first-order valence-electron chi connectivity index (χ1n) is 6.38. The molecule has 102 valence electrons. The Morgan fingerprint density at radius 1 is 1.26 bits per heavy atom. The molecule has 0 spiro atoms. The second-order valence-electron chi connectivity index (χ2n) is 4.47. The lowest BCUT2D eigenvalue weighted by Crippen LogP contribution is -2.08. The predicted molar refractivity (Wildman–Crippen MR) is 75.1 cm³/mol. The molecule has 19 heavy (non-hydrogen) atoms. The molecule has 5 nitrogen and oxygen atoms in total. The minimum atomic E-state index is 0.672. The number of aryl methyl sites for hydroxylation is 1. The highest BCUT2D eigenvalue weighted by molar-refractivity contribution is 5.52. The van der Waals surface area contributed by atoms with E-state index < -0.39 is 0 Å². The molecule has 2 aromatic rings. The number of ether oxygens (including phenoxy) is 1. The van der Waals surface area contributed by atoms with Gasteiger partial charge in [-0.1, -0.05) is 0 Å². The van der Waals surface area contributed by atoms with Crippen molar-refractivity contribution in [2.45, 2.75) is 26.9 Å². The number of rotatable bonds is 6. The van der Waals surface area contributed by atoms with Crippen molar-refractivity contribution >= 4 is 5.69 Å². The summed E-state index contributed by atoms with van der Waals surface area (Å²) in [5.74, 6) is 0. The molecule has 2 aromatic heterocycles. The quantitative estimate of drug-likeness (QED) is 0.864. The Morgan fingerprint density at radius 3 is 2.68 bits per heavy atom. The Balaban J connectivity index is 2.06. The van der Waals surface area contributed by atoms with Gasteiger partial charge in [0.05, 0.1) is 30.2 Å². The summed E-state index contributed by atoms with van der Waals surface area (Å²) >= 11 is 0. The van der Waals surface area contributed by atoms with E-state index in [-0.39, 0.29) is 0 Å². The van der Waals surface area contributed by atoms with Crippen molar-refractivity contribution in [2.24, 2.45) is 0 Å². The van der Waals surface area contributed by atoms with E-state index in [1.807, 2.05) is 23.7 Å². The molecule has 0 amide bonds. The van der Waals surface area contributed by atoms with E-state index in [1.54, 1.807) is 19.5 Å². The standard InChI is InChI=1S/C14H20N4O/c1-11-14(12(2)18(17-11)8-9-19-3)16-10-13-4-6-15-7-5-13/h4-7,16H,8-10H2,1-3H3. The van der Waals surface area contributed by atoms with Crippen LogP contribution in [0.15, 0.2) is 24.5 Å². The summed E-state index contributed by atoms with van der Waals surface area (Å²) in [6.07, 6.45) is 3.61. The second kappa shape index (κ2) is 6.33. The minimum Gasteiger partial charge on any atom is -0.383 e. The van der Waals surface area contributed by atoms with Crippen molar-refractivity contribution < 1.29 is 4.74 Å². The van der Waals surface area contributed by atoms with Gasteiger partial charge in [-0.25, -0.2) is 0 Å². The van der Waals surface area contributed by atoms with Gasteiger partial charge in [0.2, 0.25) is 0 Å². The fourth-order valence-corrected chi connectivity index (χ4v) is 2.04. The van der Waals surface area contributed by atoms with E-state index in [4.69, 9.17) is 4.74 Å². The van der Waals surface area contributed by atoms with Crippen LogP contribution in [0.3, 0.4) is 0 Å². The third kappa shape index (κ3) is 3.32. The molecule has 2 rings (SSSR count). The summed E-state index contributed by atoms with van der Waals surface area (Å²) in [6, 6.07) is 4.01. The van der Waals surface area contributed by atoms with Crippen LogP contribution in [0.1, 0.15) is 17.0 Å². The van der Waals surface area contributed by atoms with Crippen LogP contribution >= 0.6 is 0 Å². The van der Waals surface area contributed by atoms with Gasteiger partial charge in [0.1, 0.15) is 0 Å². The molecule has 0 aliphatic heterocycles. The van der Waals surface area contributed by atoms with E-state index in [2.05, 4.69) is 22.3 Å². The van der Waals surface area contributed by atoms with Gasteiger partial charge in [-0.2, -0.15) is 5.10 Å². The van der Waals surface area contributed by atoms with Gasteiger partial charge >= 0.3 is 0 Å². The van der Waals surface area contributed by atoms with Crippen LogP contribution in [0.25, 0.3) is 0 Å². The van der Waals surface area contributed by atoms with Crippen molar-refractivity contribution in [1.82, 2.24) is 14.8 Å². The summed E-state index contributed by atoms with van der Waals surface area (Å²) in [4.78, 5) is 4.02. The molecule has 0 aliphatic carbocycles. The van der Waals surface area contributed by atoms with Gasteiger partial charge in [-0.05, 0) is 31.5 Å². The first kappa shape index (κ1) is 13.5. The van der Waals surface area contributed by atoms with Crippen molar-refractivity contribution in [1.29, 1.82) is 0 Å². The average molecular weight is 260 g/mol. The molecule has 0 saturated heterocycles. The number of hydrogen-bond acceptors (Lipinski definition) is 4. The van der Waals surface area contributed by atoms with Crippen LogP contribution in [0.4, 0.5) is 5.69 Å². The number of pyridine rings is 1. The van der Waals surface area contributed by atoms with Crippen LogP contribution in [-0.2, 0) is 17.8 Å².